The number of amides is 2. The Morgan fingerprint density at radius 1 is 1.67 bits per heavy atom. The molecule has 0 fully saturated rings. The quantitative estimate of drug-likeness (QED) is 0.586. The second kappa shape index (κ2) is 5.35. The Balaban J connectivity index is 2.28. The van der Waals surface area contributed by atoms with Crippen LogP contribution in [0.25, 0.3) is 0 Å². The molecule has 0 saturated heterocycles. The van der Waals surface area contributed by atoms with Crippen LogP contribution in [0.15, 0.2) is 12.4 Å². The number of nitrogens with zero attached hydrogens (tertiary/aromatic N) is 2. The number of carbonyl (C=O) groups excluding carboxylic acids is 1. The molecule has 0 radical (unpaired) electrons. The number of nitrogens with two attached hydrogens (primary N) is 1. The van der Waals surface area contributed by atoms with Gasteiger partial charge in [0, 0.05) is 32.5 Å². The van der Waals surface area contributed by atoms with Crippen molar-refractivity contribution in [3.05, 3.63) is 18.2 Å². The first-order valence-corrected chi connectivity index (χ1v) is 4.85. The summed E-state index contributed by atoms with van der Waals surface area (Å²) in [7, 11) is 1.95. The van der Waals surface area contributed by atoms with Gasteiger partial charge in [-0.3, -0.25) is 0 Å². The summed E-state index contributed by atoms with van der Waals surface area (Å²) in [5.41, 5.74) is 4.93. The maximum atomic E-state index is 10.4. The molecule has 84 valence electrons. The van der Waals surface area contributed by atoms with Crippen LogP contribution in [0, 0.1) is 0 Å². The van der Waals surface area contributed by atoms with E-state index in [9.17, 15) is 4.79 Å². The number of aromatic nitrogens is 2. The number of rotatable bonds is 5. The molecule has 1 unspecified atom stereocenters. The minimum absolute atomic E-state index is 0.152. The summed E-state index contributed by atoms with van der Waals surface area (Å²) in [6, 6.07) is -0.346. The second-order valence-corrected chi connectivity index (χ2v) is 3.36. The average molecular weight is 211 g/mol. The van der Waals surface area contributed by atoms with Crippen molar-refractivity contribution < 1.29 is 4.79 Å². The van der Waals surface area contributed by atoms with Gasteiger partial charge in [0.05, 0.1) is 6.04 Å². The molecule has 4 N–H and O–H groups in total. The molecule has 1 aromatic heterocycles. The fraction of sp³-hybridized carbons (Fsp3) is 0.556. The van der Waals surface area contributed by atoms with Gasteiger partial charge >= 0.3 is 6.03 Å². The van der Waals surface area contributed by atoms with Gasteiger partial charge in [-0.2, -0.15) is 0 Å². The Hall–Kier alpha value is -1.56. The van der Waals surface area contributed by atoms with Gasteiger partial charge in [0.25, 0.3) is 0 Å². The van der Waals surface area contributed by atoms with Crippen molar-refractivity contribution >= 4 is 6.03 Å². The van der Waals surface area contributed by atoms with E-state index in [1.165, 1.54) is 0 Å². The van der Waals surface area contributed by atoms with E-state index in [0.717, 1.165) is 5.82 Å². The van der Waals surface area contributed by atoms with Crippen LogP contribution in [0.5, 0.6) is 0 Å². The molecule has 0 spiro atoms. The standard InChI is InChI=1S/C9H17N5O/c1-7(8-12-5-6-14(8)2)11-3-4-13-9(10)15/h5-7,11H,3-4H2,1-2H3,(H3,10,13,15). The minimum atomic E-state index is -0.499. The van der Waals surface area contributed by atoms with Gasteiger partial charge in [0.15, 0.2) is 0 Å². The Kier molecular flexibility index (Phi) is 4.11. The van der Waals surface area contributed by atoms with Crippen molar-refractivity contribution in [1.29, 1.82) is 0 Å². The summed E-state index contributed by atoms with van der Waals surface area (Å²) in [5.74, 6) is 0.967. The van der Waals surface area contributed by atoms with Gasteiger partial charge in [-0.05, 0) is 6.92 Å². The maximum absolute atomic E-state index is 10.4. The van der Waals surface area contributed by atoms with Gasteiger partial charge in [0.2, 0.25) is 0 Å². The van der Waals surface area contributed by atoms with E-state index in [4.69, 9.17) is 5.73 Å². The van der Waals surface area contributed by atoms with Crippen LogP contribution >= 0.6 is 0 Å². The molecule has 0 bridgehead atoms. The van der Waals surface area contributed by atoms with Crippen LogP contribution in [0.1, 0.15) is 18.8 Å². The summed E-state index contributed by atoms with van der Waals surface area (Å²) in [4.78, 5) is 14.6. The van der Waals surface area contributed by atoms with Crippen molar-refractivity contribution in [2.24, 2.45) is 12.8 Å². The number of aryl methyl sites for hydroxylation is 1. The molecule has 0 aliphatic heterocycles. The number of hydrogen-bond donors (Lipinski definition) is 3. The first-order chi connectivity index (χ1) is 7.11. The van der Waals surface area contributed by atoms with Crippen molar-refractivity contribution in [2.75, 3.05) is 13.1 Å². The van der Waals surface area contributed by atoms with E-state index >= 15 is 0 Å². The predicted molar refractivity (Wildman–Crippen MR) is 57.2 cm³/mol. The van der Waals surface area contributed by atoms with E-state index in [1.54, 1.807) is 6.20 Å². The number of nitrogens with one attached hydrogen (secondary N) is 2. The first-order valence-electron chi connectivity index (χ1n) is 4.85. The summed E-state index contributed by atoms with van der Waals surface area (Å²) in [6.45, 7) is 3.20. The highest BCUT2D eigenvalue weighted by atomic mass is 16.2. The highest BCUT2D eigenvalue weighted by Crippen LogP contribution is 2.06. The van der Waals surface area contributed by atoms with Crippen molar-refractivity contribution in [2.45, 2.75) is 13.0 Å². The van der Waals surface area contributed by atoms with Crippen LogP contribution in [-0.4, -0.2) is 28.7 Å². The zero-order valence-electron chi connectivity index (χ0n) is 9.03. The van der Waals surface area contributed by atoms with Crippen LogP contribution < -0.4 is 16.4 Å². The van der Waals surface area contributed by atoms with Gasteiger partial charge in [0.1, 0.15) is 5.82 Å². The summed E-state index contributed by atoms with van der Waals surface area (Å²) in [5, 5.41) is 5.74. The molecule has 0 aliphatic rings. The molecule has 0 aliphatic carbocycles. The summed E-state index contributed by atoms with van der Waals surface area (Å²) >= 11 is 0. The molecular weight excluding hydrogens is 194 g/mol. The SMILES string of the molecule is CC(NCCNC(N)=O)c1nccn1C. The predicted octanol–water partition coefficient (Wildman–Crippen LogP) is -0.261. The van der Waals surface area contributed by atoms with Crippen LogP contribution in [0.3, 0.4) is 0 Å². The average Bonchev–Trinajstić information content (AvgIpc) is 2.58. The largest absolute Gasteiger partial charge is 0.352 e. The molecule has 1 aromatic rings. The topological polar surface area (TPSA) is 85.0 Å². The zero-order valence-corrected chi connectivity index (χ0v) is 9.03. The number of carbonyl (C=O) groups is 1. The number of imidazole rings is 1. The van der Waals surface area contributed by atoms with Crippen LogP contribution in [-0.2, 0) is 7.05 Å². The molecule has 2 amide bonds. The van der Waals surface area contributed by atoms with Crippen molar-refractivity contribution in [3.63, 3.8) is 0 Å². The van der Waals surface area contributed by atoms with E-state index in [0.29, 0.717) is 13.1 Å². The number of urea groups is 1. The Morgan fingerprint density at radius 2 is 2.40 bits per heavy atom. The summed E-state index contributed by atoms with van der Waals surface area (Å²) < 4.78 is 1.96. The molecule has 6 heteroatoms. The Morgan fingerprint density at radius 3 is 2.93 bits per heavy atom. The van der Waals surface area contributed by atoms with E-state index < -0.39 is 6.03 Å². The van der Waals surface area contributed by atoms with E-state index in [1.807, 2.05) is 24.7 Å². The third-order valence-corrected chi connectivity index (χ3v) is 2.12. The smallest absolute Gasteiger partial charge is 0.312 e. The Bertz CT molecular complexity index is 322. The monoisotopic (exact) mass is 211 g/mol. The highest BCUT2D eigenvalue weighted by molar-refractivity contribution is 5.71. The fourth-order valence-corrected chi connectivity index (χ4v) is 1.36. The number of hydrogen-bond acceptors (Lipinski definition) is 3. The molecule has 1 rings (SSSR count). The van der Waals surface area contributed by atoms with Gasteiger partial charge in [-0.15, -0.1) is 0 Å². The first kappa shape index (κ1) is 11.5. The second-order valence-electron chi connectivity index (χ2n) is 3.36. The fourth-order valence-electron chi connectivity index (χ4n) is 1.36. The van der Waals surface area contributed by atoms with Crippen molar-refractivity contribution in [1.82, 2.24) is 20.2 Å². The molecule has 15 heavy (non-hydrogen) atoms. The minimum Gasteiger partial charge on any atom is -0.352 e. The lowest BCUT2D eigenvalue weighted by atomic mass is 10.3. The molecule has 0 saturated carbocycles. The molecule has 1 atom stereocenters. The maximum Gasteiger partial charge on any atom is 0.312 e. The molecule has 1 heterocycles. The van der Waals surface area contributed by atoms with E-state index in [2.05, 4.69) is 15.6 Å². The zero-order chi connectivity index (χ0) is 11.3. The highest BCUT2D eigenvalue weighted by Gasteiger charge is 2.08. The lowest BCUT2D eigenvalue weighted by molar-refractivity contribution is 0.249. The van der Waals surface area contributed by atoms with Gasteiger partial charge < -0.3 is 20.9 Å². The molecule has 6 nitrogen and oxygen atoms in total. The summed E-state index contributed by atoms with van der Waals surface area (Å²) in [6.07, 6.45) is 3.66. The van der Waals surface area contributed by atoms with Gasteiger partial charge in [-0.25, -0.2) is 9.78 Å². The van der Waals surface area contributed by atoms with E-state index in [-0.39, 0.29) is 6.04 Å². The van der Waals surface area contributed by atoms with Gasteiger partial charge in [-0.1, -0.05) is 0 Å². The molecule has 0 aromatic carbocycles. The lowest BCUT2D eigenvalue weighted by Crippen LogP contribution is -2.36. The van der Waals surface area contributed by atoms with Crippen molar-refractivity contribution in [3.8, 4) is 0 Å². The molecular formula is C9H17N5O. The van der Waals surface area contributed by atoms with Crippen LogP contribution in [0.2, 0.25) is 0 Å². The third-order valence-electron chi connectivity index (χ3n) is 2.12. The Labute approximate surface area is 88.9 Å². The number of primary amides is 1. The lowest BCUT2D eigenvalue weighted by Gasteiger charge is -2.13. The van der Waals surface area contributed by atoms with Crippen LogP contribution in [0.4, 0.5) is 4.79 Å². The normalized spacial score (nSPS) is 12.4. The third kappa shape index (κ3) is 3.59.